The van der Waals surface area contributed by atoms with Crippen LogP contribution in [0.25, 0.3) is 10.9 Å². The van der Waals surface area contributed by atoms with Crippen molar-refractivity contribution in [1.82, 2.24) is 14.9 Å². The third-order valence-electron chi connectivity index (χ3n) is 7.04. The maximum atomic E-state index is 13.2. The standard InChI is InChI=1S/C23H31N5O4.ClH/c1-30-19-12-14-15(13-20(19)31-2)25-23(26-21(14)24)28-10-9-27(16-6-3-4-7-17(16)28)22(29)18-8-5-11-32-18;/h12-13,16-18H,3-11H2,1-2H3,(H2,24,25,26);1H. The number of amides is 1. The van der Waals surface area contributed by atoms with Crippen molar-refractivity contribution < 1.29 is 19.0 Å². The van der Waals surface area contributed by atoms with Crippen LogP contribution in [0.4, 0.5) is 11.8 Å². The molecule has 0 bridgehead atoms. The van der Waals surface area contributed by atoms with Gasteiger partial charge in [-0.3, -0.25) is 4.79 Å². The number of carbonyl (C=O) groups is 1. The Kier molecular flexibility index (Phi) is 6.99. The molecule has 1 aromatic heterocycles. The van der Waals surface area contributed by atoms with Gasteiger partial charge in [-0.25, -0.2) is 4.98 Å². The number of nitrogens with two attached hydrogens (primary N) is 1. The normalized spacial score (nSPS) is 24.8. The molecule has 2 N–H and O–H groups in total. The first kappa shape index (κ1) is 23.6. The van der Waals surface area contributed by atoms with Gasteiger partial charge in [-0.1, -0.05) is 12.8 Å². The molecule has 0 spiro atoms. The highest BCUT2D eigenvalue weighted by Crippen LogP contribution is 2.37. The van der Waals surface area contributed by atoms with E-state index in [0.717, 1.165) is 49.4 Å². The van der Waals surface area contributed by atoms with Crippen LogP contribution in [0.5, 0.6) is 11.5 Å². The van der Waals surface area contributed by atoms with Crippen molar-refractivity contribution in [2.45, 2.75) is 56.7 Å². The summed E-state index contributed by atoms with van der Waals surface area (Å²) in [5.41, 5.74) is 7.07. The molecule has 2 aliphatic heterocycles. The van der Waals surface area contributed by atoms with Gasteiger partial charge in [0.1, 0.15) is 11.9 Å². The average Bonchev–Trinajstić information content (AvgIpc) is 3.37. The van der Waals surface area contributed by atoms with Gasteiger partial charge in [0.15, 0.2) is 11.5 Å². The SMILES string of the molecule is COc1cc2nc(N3CCN(C(=O)C4CCCO4)C4CCCCC43)nc(N)c2cc1OC.Cl. The second kappa shape index (κ2) is 9.77. The van der Waals surface area contributed by atoms with E-state index in [0.29, 0.717) is 43.0 Å². The number of hydrogen-bond acceptors (Lipinski definition) is 8. The number of nitrogen functional groups attached to an aromatic ring is 1. The number of fused-ring (bicyclic) bond motifs is 2. The summed E-state index contributed by atoms with van der Waals surface area (Å²) in [7, 11) is 3.20. The summed E-state index contributed by atoms with van der Waals surface area (Å²) < 4.78 is 16.5. The summed E-state index contributed by atoms with van der Waals surface area (Å²) in [6.45, 7) is 2.01. The van der Waals surface area contributed by atoms with Gasteiger partial charge in [-0.15, -0.1) is 12.4 Å². The Labute approximate surface area is 200 Å². The van der Waals surface area contributed by atoms with Crippen LogP contribution in [-0.4, -0.2) is 72.9 Å². The molecular weight excluding hydrogens is 446 g/mol. The number of halogens is 1. The van der Waals surface area contributed by atoms with E-state index in [1.807, 2.05) is 12.1 Å². The molecule has 3 atom stereocenters. The lowest BCUT2D eigenvalue weighted by Gasteiger charge is -2.50. The number of methoxy groups -OCH3 is 2. The minimum absolute atomic E-state index is 0. The van der Waals surface area contributed by atoms with Crippen molar-refractivity contribution in [2.24, 2.45) is 0 Å². The number of ether oxygens (including phenoxy) is 3. The molecule has 0 radical (unpaired) electrons. The zero-order valence-electron chi connectivity index (χ0n) is 19.2. The Balaban J connectivity index is 0.00000259. The largest absolute Gasteiger partial charge is 0.493 e. The Bertz CT molecular complexity index is 1020. The fourth-order valence-corrected chi connectivity index (χ4v) is 5.44. The van der Waals surface area contributed by atoms with Crippen LogP contribution in [-0.2, 0) is 9.53 Å². The molecule has 3 aliphatic rings. The molecule has 3 fully saturated rings. The van der Waals surface area contributed by atoms with Crippen molar-refractivity contribution in [1.29, 1.82) is 0 Å². The Morgan fingerprint density at radius 3 is 2.45 bits per heavy atom. The Morgan fingerprint density at radius 1 is 1.03 bits per heavy atom. The third-order valence-corrected chi connectivity index (χ3v) is 7.04. The molecular formula is C23H32ClN5O4. The molecule has 1 amide bonds. The number of rotatable bonds is 4. The van der Waals surface area contributed by atoms with Crippen LogP contribution in [0.1, 0.15) is 38.5 Å². The van der Waals surface area contributed by atoms with E-state index in [1.165, 1.54) is 0 Å². The van der Waals surface area contributed by atoms with E-state index >= 15 is 0 Å². The molecule has 2 saturated heterocycles. The number of hydrogen-bond donors (Lipinski definition) is 1. The van der Waals surface area contributed by atoms with Crippen molar-refractivity contribution in [3.8, 4) is 11.5 Å². The first-order chi connectivity index (χ1) is 15.6. The van der Waals surface area contributed by atoms with Gasteiger partial charge >= 0.3 is 0 Å². The fourth-order valence-electron chi connectivity index (χ4n) is 5.44. The van der Waals surface area contributed by atoms with Gasteiger partial charge in [-0.2, -0.15) is 4.98 Å². The summed E-state index contributed by atoms with van der Waals surface area (Å²) in [4.78, 5) is 27.0. The Morgan fingerprint density at radius 2 is 1.76 bits per heavy atom. The van der Waals surface area contributed by atoms with E-state index in [9.17, 15) is 4.79 Å². The minimum Gasteiger partial charge on any atom is -0.493 e. The van der Waals surface area contributed by atoms with Crippen LogP contribution in [0.2, 0.25) is 0 Å². The van der Waals surface area contributed by atoms with Crippen LogP contribution < -0.4 is 20.1 Å². The van der Waals surface area contributed by atoms with Gasteiger partial charge in [0.25, 0.3) is 5.91 Å². The number of piperazine rings is 1. The lowest BCUT2D eigenvalue weighted by molar-refractivity contribution is -0.145. The van der Waals surface area contributed by atoms with Crippen LogP contribution >= 0.6 is 12.4 Å². The minimum atomic E-state index is -0.279. The molecule has 1 aliphatic carbocycles. The molecule has 3 heterocycles. The predicted molar refractivity (Wildman–Crippen MR) is 128 cm³/mol. The average molecular weight is 478 g/mol. The first-order valence-electron chi connectivity index (χ1n) is 11.5. The van der Waals surface area contributed by atoms with Crippen molar-refractivity contribution >= 4 is 41.0 Å². The van der Waals surface area contributed by atoms with Gasteiger partial charge in [0.2, 0.25) is 5.95 Å². The van der Waals surface area contributed by atoms with Gasteiger partial charge < -0.3 is 29.7 Å². The van der Waals surface area contributed by atoms with Gasteiger partial charge in [0, 0.05) is 31.1 Å². The monoisotopic (exact) mass is 477 g/mol. The smallest absolute Gasteiger partial charge is 0.252 e. The highest BCUT2D eigenvalue weighted by molar-refractivity contribution is 5.92. The Hall–Kier alpha value is -2.52. The molecule has 2 aromatic rings. The highest BCUT2D eigenvalue weighted by atomic mass is 35.5. The van der Waals surface area contributed by atoms with E-state index in [-0.39, 0.29) is 36.5 Å². The molecule has 33 heavy (non-hydrogen) atoms. The predicted octanol–water partition coefficient (Wildman–Crippen LogP) is 2.79. The summed E-state index contributed by atoms with van der Waals surface area (Å²) in [5.74, 6) is 2.37. The lowest BCUT2D eigenvalue weighted by atomic mass is 9.86. The molecule has 10 heteroatoms. The first-order valence-corrected chi connectivity index (χ1v) is 11.5. The zero-order valence-corrected chi connectivity index (χ0v) is 20.0. The van der Waals surface area contributed by atoms with E-state index in [4.69, 9.17) is 24.9 Å². The van der Waals surface area contributed by atoms with Crippen LogP contribution in [0, 0.1) is 0 Å². The maximum absolute atomic E-state index is 13.2. The lowest BCUT2D eigenvalue weighted by Crippen LogP contribution is -2.63. The maximum Gasteiger partial charge on any atom is 0.252 e. The van der Waals surface area contributed by atoms with Crippen LogP contribution in [0.3, 0.4) is 0 Å². The molecule has 1 saturated carbocycles. The third kappa shape index (κ3) is 4.24. The summed E-state index contributed by atoms with van der Waals surface area (Å²) in [6, 6.07) is 3.99. The highest BCUT2D eigenvalue weighted by Gasteiger charge is 2.43. The van der Waals surface area contributed by atoms with Gasteiger partial charge in [-0.05, 0) is 31.7 Å². The van der Waals surface area contributed by atoms with Gasteiger partial charge in [0.05, 0.1) is 31.8 Å². The molecule has 5 rings (SSSR count). The van der Waals surface area contributed by atoms with Crippen LogP contribution in [0.15, 0.2) is 12.1 Å². The van der Waals surface area contributed by atoms with E-state index < -0.39 is 0 Å². The second-order valence-corrected chi connectivity index (χ2v) is 8.78. The summed E-state index contributed by atoms with van der Waals surface area (Å²) in [5, 5.41) is 0.735. The van der Waals surface area contributed by atoms with Crippen molar-refractivity contribution in [3.63, 3.8) is 0 Å². The zero-order chi connectivity index (χ0) is 22.2. The molecule has 1 aromatic carbocycles. The summed E-state index contributed by atoms with van der Waals surface area (Å²) in [6.07, 6.45) is 5.77. The number of nitrogens with zero attached hydrogens (tertiary/aromatic N) is 4. The van der Waals surface area contributed by atoms with E-state index in [1.54, 1.807) is 14.2 Å². The van der Waals surface area contributed by atoms with Crippen molar-refractivity contribution in [3.05, 3.63) is 12.1 Å². The quantitative estimate of drug-likeness (QED) is 0.717. The fraction of sp³-hybridized carbons (Fsp3) is 0.609. The molecule has 180 valence electrons. The van der Waals surface area contributed by atoms with Crippen molar-refractivity contribution in [2.75, 3.05) is 44.5 Å². The number of benzene rings is 1. The molecule has 3 unspecified atom stereocenters. The number of aromatic nitrogens is 2. The summed E-state index contributed by atoms with van der Waals surface area (Å²) >= 11 is 0. The topological polar surface area (TPSA) is 103 Å². The molecule has 9 nitrogen and oxygen atoms in total. The second-order valence-electron chi connectivity index (χ2n) is 8.78. The van der Waals surface area contributed by atoms with E-state index in [2.05, 4.69) is 14.8 Å². The number of carbonyl (C=O) groups excluding carboxylic acids is 1. The number of anilines is 2.